The Morgan fingerprint density at radius 3 is 2.71 bits per heavy atom. The van der Waals surface area contributed by atoms with Crippen LogP contribution < -0.4 is 4.74 Å². The van der Waals surface area contributed by atoms with Crippen molar-refractivity contribution in [2.75, 3.05) is 7.11 Å². The standard InChI is InChI=1S/C11H12ClNO/c1-5-11(2,3)9-8(12)6-7-13-10(9)14-4/h1,6-7H,2-4H3. The Balaban J connectivity index is 3.40. The highest BCUT2D eigenvalue weighted by Crippen LogP contribution is 2.35. The highest BCUT2D eigenvalue weighted by Gasteiger charge is 2.25. The topological polar surface area (TPSA) is 22.1 Å². The van der Waals surface area contributed by atoms with Crippen molar-refractivity contribution in [3.05, 3.63) is 22.8 Å². The predicted molar refractivity (Wildman–Crippen MR) is 57.7 cm³/mol. The zero-order chi connectivity index (χ0) is 10.8. The molecule has 0 amide bonds. The fourth-order valence-electron chi connectivity index (χ4n) is 1.21. The number of methoxy groups -OCH3 is 1. The number of terminal acetylenes is 1. The molecule has 1 aromatic rings. The summed E-state index contributed by atoms with van der Waals surface area (Å²) in [5.74, 6) is 3.16. The van der Waals surface area contributed by atoms with E-state index in [0.717, 1.165) is 5.56 Å². The first-order chi connectivity index (χ1) is 6.53. The van der Waals surface area contributed by atoms with Gasteiger partial charge in [0.25, 0.3) is 0 Å². The lowest BCUT2D eigenvalue weighted by Gasteiger charge is -2.21. The molecule has 0 aliphatic heterocycles. The number of hydrogen-bond acceptors (Lipinski definition) is 2. The van der Waals surface area contributed by atoms with Gasteiger partial charge in [-0.2, -0.15) is 0 Å². The third kappa shape index (κ3) is 1.83. The Morgan fingerprint density at radius 1 is 1.57 bits per heavy atom. The van der Waals surface area contributed by atoms with E-state index in [2.05, 4.69) is 10.9 Å². The molecule has 0 atom stereocenters. The molecule has 0 aliphatic carbocycles. The van der Waals surface area contributed by atoms with Crippen LogP contribution in [0.4, 0.5) is 0 Å². The average molecular weight is 210 g/mol. The Bertz CT molecular complexity index is 379. The van der Waals surface area contributed by atoms with Crippen LogP contribution in [0.2, 0.25) is 5.02 Å². The molecule has 0 saturated heterocycles. The summed E-state index contributed by atoms with van der Waals surface area (Å²) in [4.78, 5) is 4.07. The lowest BCUT2D eigenvalue weighted by molar-refractivity contribution is 0.386. The third-order valence-electron chi connectivity index (χ3n) is 2.04. The van der Waals surface area contributed by atoms with Crippen molar-refractivity contribution in [1.29, 1.82) is 0 Å². The molecule has 0 spiro atoms. The molecule has 0 saturated carbocycles. The van der Waals surface area contributed by atoms with Gasteiger partial charge in [0.2, 0.25) is 5.88 Å². The van der Waals surface area contributed by atoms with Gasteiger partial charge in [-0.05, 0) is 19.9 Å². The van der Waals surface area contributed by atoms with Gasteiger partial charge in [-0.1, -0.05) is 17.5 Å². The van der Waals surface area contributed by atoms with Gasteiger partial charge in [0, 0.05) is 6.20 Å². The van der Waals surface area contributed by atoms with E-state index in [-0.39, 0.29) is 0 Å². The zero-order valence-electron chi connectivity index (χ0n) is 8.47. The van der Waals surface area contributed by atoms with Crippen LogP contribution in [0.25, 0.3) is 0 Å². The molecule has 0 fully saturated rings. The average Bonchev–Trinajstić information content (AvgIpc) is 2.17. The molecule has 0 radical (unpaired) electrons. The number of rotatable bonds is 2. The molecule has 1 aromatic heterocycles. The minimum atomic E-state index is -0.476. The summed E-state index contributed by atoms with van der Waals surface area (Å²) in [6, 6.07) is 1.71. The molecule has 0 bridgehead atoms. The summed E-state index contributed by atoms with van der Waals surface area (Å²) >= 11 is 6.06. The van der Waals surface area contributed by atoms with E-state index < -0.39 is 5.41 Å². The van der Waals surface area contributed by atoms with E-state index in [1.165, 1.54) is 0 Å². The summed E-state index contributed by atoms with van der Waals surface area (Å²) in [7, 11) is 1.55. The highest BCUT2D eigenvalue weighted by molar-refractivity contribution is 6.31. The number of halogens is 1. The van der Waals surface area contributed by atoms with Crippen LogP contribution >= 0.6 is 11.6 Å². The van der Waals surface area contributed by atoms with Crippen LogP contribution in [-0.4, -0.2) is 12.1 Å². The number of ether oxygens (including phenoxy) is 1. The fourth-order valence-corrected chi connectivity index (χ4v) is 1.59. The molecular formula is C11H12ClNO. The highest BCUT2D eigenvalue weighted by atomic mass is 35.5. The summed E-state index contributed by atoms with van der Waals surface area (Å²) < 4.78 is 5.12. The van der Waals surface area contributed by atoms with Crippen LogP contribution in [0.1, 0.15) is 19.4 Å². The van der Waals surface area contributed by atoms with E-state index in [0.29, 0.717) is 10.9 Å². The normalized spacial score (nSPS) is 10.8. The van der Waals surface area contributed by atoms with Crippen LogP contribution in [0, 0.1) is 12.3 Å². The van der Waals surface area contributed by atoms with Crippen molar-refractivity contribution in [3.63, 3.8) is 0 Å². The Morgan fingerprint density at radius 2 is 2.21 bits per heavy atom. The Kier molecular flexibility index (Phi) is 3.03. The number of nitrogens with zero attached hydrogens (tertiary/aromatic N) is 1. The largest absolute Gasteiger partial charge is 0.481 e. The maximum atomic E-state index is 6.06. The molecule has 0 aliphatic rings. The van der Waals surface area contributed by atoms with Gasteiger partial charge in [0.1, 0.15) is 0 Å². The lowest BCUT2D eigenvalue weighted by atomic mass is 9.86. The first-order valence-electron chi connectivity index (χ1n) is 4.19. The first kappa shape index (κ1) is 10.9. The number of hydrogen-bond donors (Lipinski definition) is 0. The molecule has 3 heteroatoms. The number of aromatic nitrogens is 1. The van der Waals surface area contributed by atoms with Crippen molar-refractivity contribution in [1.82, 2.24) is 4.98 Å². The zero-order valence-corrected chi connectivity index (χ0v) is 9.22. The minimum Gasteiger partial charge on any atom is -0.481 e. The van der Waals surface area contributed by atoms with Crippen LogP contribution in [0.15, 0.2) is 12.3 Å². The maximum absolute atomic E-state index is 6.06. The van der Waals surface area contributed by atoms with Crippen molar-refractivity contribution in [3.8, 4) is 18.2 Å². The van der Waals surface area contributed by atoms with Crippen LogP contribution in [0.3, 0.4) is 0 Å². The van der Waals surface area contributed by atoms with Crippen LogP contribution in [-0.2, 0) is 5.41 Å². The summed E-state index contributed by atoms with van der Waals surface area (Å²) in [5.41, 5.74) is 0.281. The predicted octanol–water partition coefficient (Wildman–Crippen LogP) is 2.65. The Labute approximate surface area is 89.3 Å². The molecule has 14 heavy (non-hydrogen) atoms. The molecule has 0 aromatic carbocycles. The number of pyridine rings is 1. The molecule has 0 N–H and O–H groups in total. The van der Waals surface area contributed by atoms with Gasteiger partial charge in [-0.3, -0.25) is 0 Å². The third-order valence-corrected chi connectivity index (χ3v) is 2.36. The van der Waals surface area contributed by atoms with Crippen molar-refractivity contribution < 1.29 is 4.74 Å². The Hall–Kier alpha value is -1.20. The van der Waals surface area contributed by atoms with Crippen molar-refractivity contribution in [2.24, 2.45) is 0 Å². The lowest BCUT2D eigenvalue weighted by Crippen LogP contribution is -2.16. The minimum absolute atomic E-state index is 0.476. The molecule has 1 rings (SSSR count). The molecule has 0 unspecified atom stereocenters. The van der Waals surface area contributed by atoms with E-state index in [9.17, 15) is 0 Å². The van der Waals surface area contributed by atoms with Gasteiger partial charge in [-0.15, -0.1) is 6.42 Å². The van der Waals surface area contributed by atoms with Gasteiger partial charge in [0.05, 0.1) is 23.1 Å². The summed E-state index contributed by atoms with van der Waals surface area (Å²) in [6.45, 7) is 3.80. The SMILES string of the molecule is C#CC(C)(C)c1c(Cl)ccnc1OC. The summed E-state index contributed by atoms with van der Waals surface area (Å²) in [5, 5.41) is 0.583. The molecule has 2 nitrogen and oxygen atoms in total. The second-order valence-corrected chi connectivity index (χ2v) is 3.85. The van der Waals surface area contributed by atoms with E-state index in [1.807, 2.05) is 13.8 Å². The first-order valence-corrected chi connectivity index (χ1v) is 4.57. The molecule has 1 heterocycles. The van der Waals surface area contributed by atoms with Crippen molar-refractivity contribution >= 4 is 11.6 Å². The molecule has 74 valence electrons. The van der Waals surface area contributed by atoms with Gasteiger partial charge < -0.3 is 4.74 Å². The van der Waals surface area contributed by atoms with Gasteiger partial charge >= 0.3 is 0 Å². The van der Waals surface area contributed by atoms with Gasteiger partial charge in [-0.25, -0.2) is 4.98 Å². The fraction of sp³-hybridized carbons (Fsp3) is 0.364. The van der Waals surface area contributed by atoms with E-state index in [4.69, 9.17) is 22.8 Å². The van der Waals surface area contributed by atoms with E-state index in [1.54, 1.807) is 19.4 Å². The molecular weight excluding hydrogens is 198 g/mol. The van der Waals surface area contributed by atoms with Crippen LogP contribution in [0.5, 0.6) is 5.88 Å². The summed E-state index contributed by atoms with van der Waals surface area (Å²) in [6.07, 6.45) is 7.03. The second-order valence-electron chi connectivity index (χ2n) is 3.45. The van der Waals surface area contributed by atoms with Crippen molar-refractivity contribution in [2.45, 2.75) is 19.3 Å². The smallest absolute Gasteiger partial charge is 0.219 e. The van der Waals surface area contributed by atoms with E-state index >= 15 is 0 Å². The monoisotopic (exact) mass is 209 g/mol. The van der Waals surface area contributed by atoms with Gasteiger partial charge in [0.15, 0.2) is 0 Å². The quantitative estimate of drug-likeness (QED) is 0.699. The maximum Gasteiger partial charge on any atom is 0.219 e. The second kappa shape index (κ2) is 3.89.